The van der Waals surface area contributed by atoms with Crippen LogP contribution in [0.4, 0.5) is 0 Å². The molecule has 0 heterocycles. The summed E-state index contributed by atoms with van der Waals surface area (Å²) in [7, 11) is 0. The molecule has 176 valence electrons. The molecule has 0 aliphatic rings. The van der Waals surface area contributed by atoms with E-state index in [2.05, 4.69) is 44.7 Å². The molecule has 0 aromatic rings. The highest BCUT2D eigenvalue weighted by molar-refractivity contribution is 4.88. The summed E-state index contributed by atoms with van der Waals surface area (Å²) < 4.78 is 0. The van der Waals surface area contributed by atoms with Crippen LogP contribution in [-0.4, -0.2) is 0 Å². The van der Waals surface area contributed by atoms with Gasteiger partial charge in [0.1, 0.15) is 0 Å². The van der Waals surface area contributed by atoms with Crippen molar-refractivity contribution in [2.45, 2.75) is 149 Å². The summed E-state index contributed by atoms with van der Waals surface area (Å²) in [6.45, 7) is 8.39. The Morgan fingerprint density at radius 3 is 1.57 bits per heavy atom. The quantitative estimate of drug-likeness (QED) is 0.108. The van der Waals surface area contributed by atoms with Gasteiger partial charge in [-0.3, -0.25) is 0 Å². The fraction of sp³-hybridized carbons (Fsp3) is 0.800. The van der Waals surface area contributed by atoms with E-state index in [0.717, 1.165) is 5.92 Å². The Morgan fingerprint density at radius 2 is 1.00 bits per heavy atom. The first-order valence-corrected chi connectivity index (χ1v) is 13.8. The molecule has 0 spiro atoms. The fourth-order valence-corrected chi connectivity index (χ4v) is 4.21. The third kappa shape index (κ3) is 23.5. The summed E-state index contributed by atoms with van der Waals surface area (Å²) in [4.78, 5) is 0. The summed E-state index contributed by atoms with van der Waals surface area (Å²) in [5.41, 5.74) is 0. The van der Waals surface area contributed by atoms with Gasteiger partial charge in [-0.15, -0.1) is 6.58 Å². The second-order valence-corrected chi connectivity index (χ2v) is 9.28. The molecule has 0 aliphatic heterocycles. The minimum atomic E-state index is 0.837. The molecule has 0 saturated heterocycles. The molecule has 0 amide bonds. The van der Waals surface area contributed by atoms with Gasteiger partial charge in [0.05, 0.1) is 0 Å². The Bertz CT molecular complexity index is 375. The van der Waals surface area contributed by atoms with Crippen molar-refractivity contribution in [1.29, 1.82) is 0 Å². The van der Waals surface area contributed by atoms with Gasteiger partial charge in [-0.2, -0.15) is 0 Å². The third-order valence-electron chi connectivity index (χ3n) is 6.16. The lowest BCUT2D eigenvalue weighted by Gasteiger charge is -2.11. The van der Waals surface area contributed by atoms with E-state index in [1.807, 2.05) is 6.08 Å². The highest BCUT2D eigenvalue weighted by atomic mass is 14.1. The van der Waals surface area contributed by atoms with Crippen molar-refractivity contribution in [2.24, 2.45) is 5.92 Å². The first-order valence-electron chi connectivity index (χ1n) is 13.8. The molecular weight excluding hydrogens is 360 g/mol. The predicted molar refractivity (Wildman–Crippen MR) is 140 cm³/mol. The van der Waals surface area contributed by atoms with Crippen LogP contribution in [0.1, 0.15) is 149 Å². The van der Waals surface area contributed by atoms with Crippen LogP contribution >= 0.6 is 0 Å². The predicted octanol–water partition coefficient (Wildman–Crippen LogP) is 11.1. The summed E-state index contributed by atoms with van der Waals surface area (Å²) in [5, 5.41) is 0. The zero-order valence-electron chi connectivity index (χ0n) is 21.0. The van der Waals surface area contributed by atoms with E-state index in [1.165, 1.54) is 135 Å². The number of hydrogen-bond acceptors (Lipinski definition) is 0. The molecule has 1 unspecified atom stereocenters. The van der Waals surface area contributed by atoms with E-state index >= 15 is 0 Å². The molecule has 0 nitrogen and oxygen atoms in total. The van der Waals surface area contributed by atoms with Gasteiger partial charge >= 0.3 is 0 Å². The molecule has 0 aliphatic carbocycles. The van der Waals surface area contributed by atoms with Gasteiger partial charge in [-0.05, 0) is 63.7 Å². The highest BCUT2D eigenvalue weighted by Crippen LogP contribution is 2.19. The van der Waals surface area contributed by atoms with E-state index in [1.54, 1.807) is 0 Å². The van der Waals surface area contributed by atoms with Crippen LogP contribution in [0.15, 0.2) is 37.0 Å². The number of allylic oxidation sites excluding steroid dienone is 5. The van der Waals surface area contributed by atoms with Crippen molar-refractivity contribution in [3.8, 4) is 0 Å². The van der Waals surface area contributed by atoms with Crippen molar-refractivity contribution in [1.82, 2.24) is 0 Å². The minimum Gasteiger partial charge on any atom is -0.103 e. The standard InChI is InChI=1S/C30H56/c1-4-7-9-11-13-15-17-18-20-22-24-26-29-30(27-6-3)28-25-23-21-19-16-14-12-10-8-5-2/h5,9,11,25,28,30H,2,4,6-8,10,12-24,26-27,29H2,1,3H3. The molecule has 1 atom stereocenters. The Balaban J connectivity index is 3.54. The summed E-state index contributed by atoms with van der Waals surface area (Å²) in [5.74, 6) is 0.837. The van der Waals surface area contributed by atoms with Crippen LogP contribution in [0.25, 0.3) is 0 Å². The number of rotatable bonds is 24. The minimum absolute atomic E-state index is 0.837. The van der Waals surface area contributed by atoms with E-state index in [0.29, 0.717) is 0 Å². The van der Waals surface area contributed by atoms with E-state index in [9.17, 15) is 0 Å². The van der Waals surface area contributed by atoms with Gasteiger partial charge in [0.25, 0.3) is 0 Å². The van der Waals surface area contributed by atoms with Gasteiger partial charge < -0.3 is 0 Å². The SMILES string of the molecule is C=CCCCCCCCCC=CC(CCC)CCCCCCCCCC=CCCC. The molecule has 0 N–H and O–H groups in total. The van der Waals surface area contributed by atoms with Crippen LogP contribution in [-0.2, 0) is 0 Å². The van der Waals surface area contributed by atoms with Crippen molar-refractivity contribution in [3.63, 3.8) is 0 Å². The average molecular weight is 417 g/mol. The molecule has 30 heavy (non-hydrogen) atoms. The van der Waals surface area contributed by atoms with Crippen LogP contribution < -0.4 is 0 Å². The lowest BCUT2D eigenvalue weighted by atomic mass is 9.95. The lowest BCUT2D eigenvalue weighted by Crippen LogP contribution is -1.96. The molecule has 0 aromatic carbocycles. The van der Waals surface area contributed by atoms with Crippen LogP contribution in [0.3, 0.4) is 0 Å². The van der Waals surface area contributed by atoms with Crippen LogP contribution in [0.5, 0.6) is 0 Å². The highest BCUT2D eigenvalue weighted by Gasteiger charge is 2.03. The van der Waals surface area contributed by atoms with E-state index < -0.39 is 0 Å². The summed E-state index contributed by atoms with van der Waals surface area (Å²) in [6, 6.07) is 0. The maximum atomic E-state index is 3.80. The summed E-state index contributed by atoms with van der Waals surface area (Å²) >= 11 is 0. The second-order valence-electron chi connectivity index (χ2n) is 9.28. The largest absolute Gasteiger partial charge is 0.103 e. The van der Waals surface area contributed by atoms with Crippen molar-refractivity contribution >= 4 is 0 Å². The second kappa shape index (κ2) is 26.3. The van der Waals surface area contributed by atoms with Gasteiger partial charge in [0.15, 0.2) is 0 Å². The van der Waals surface area contributed by atoms with Crippen molar-refractivity contribution in [3.05, 3.63) is 37.0 Å². The van der Waals surface area contributed by atoms with Crippen molar-refractivity contribution < 1.29 is 0 Å². The Hall–Kier alpha value is -0.780. The average Bonchev–Trinajstić information content (AvgIpc) is 2.75. The molecule has 0 aromatic heterocycles. The Morgan fingerprint density at radius 1 is 0.500 bits per heavy atom. The first-order chi connectivity index (χ1) is 14.8. The van der Waals surface area contributed by atoms with E-state index in [-0.39, 0.29) is 0 Å². The number of hydrogen-bond donors (Lipinski definition) is 0. The molecule has 0 bridgehead atoms. The van der Waals surface area contributed by atoms with Crippen LogP contribution in [0.2, 0.25) is 0 Å². The van der Waals surface area contributed by atoms with Gasteiger partial charge in [-0.1, -0.05) is 121 Å². The van der Waals surface area contributed by atoms with E-state index in [4.69, 9.17) is 0 Å². The number of unbranched alkanes of at least 4 members (excludes halogenated alkanes) is 15. The molecule has 0 heteroatoms. The molecule has 0 saturated carbocycles. The lowest BCUT2D eigenvalue weighted by molar-refractivity contribution is 0.486. The van der Waals surface area contributed by atoms with Gasteiger partial charge in [0, 0.05) is 0 Å². The van der Waals surface area contributed by atoms with Crippen molar-refractivity contribution in [2.75, 3.05) is 0 Å². The van der Waals surface area contributed by atoms with Gasteiger partial charge in [0.2, 0.25) is 0 Å². The monoisotopic (exact) mass is 416 g/mol. The molecular formula is C30H56. The maximum Gasteiger partial charge on any atom is -0.0234 e. The molecule has 0 radical (unpaired) electrons. The maximum absolute atomic E-state index is 3.80. The smallest absolute Gasteiger partial charge is 0.0234 e. The Labute approximate surface area is 191 Å². The van der Waals surface area contributed by atoms with Gasteiger partial charge in [-0.25, -0.2) is 0 Å². The first kappa shape index (κ1) is 29.2. The zero-order chi connectivity index (χ0) is 22.0. The van der Waals surface area contributed by atoms with Crippen LogP contribution in [0, 0.1) is 5.92 Å². The molecule has 0 fully saturated rings. The molecule has 0 rings (SSSR count). The third-order valence-corrected chi connectivity index (χ3v) is 6.16. The zero-order valence-corrected chi connectivity index (χ0v) is 21.0. The Kier molecular flexibility index (Phi) is 25.6. The normalized spacial score (nSPS) is 12.9. The summed E-state index contributed by atoms with van der Waals surface area (Å²) in [6.07, 6.45) is 40.6. The topological polar surface area (TPSA) is 0 Å². The fourth-order valence-electron chi connectivity index (χ4n) is 4.21.